The number of hydrogen-bond donors (Lipinski definition) is 0. The molecule has 4 aliphatic carbocycles. The predicted octanol–water partition coefficient (Wildman–Crippen LogP) is 8.41. The van der Waals surface area contributed by atoms with Crippen molar-refractivity contribution in [1.82, 2.24) is 0 Å². The van der Waals surface area contributed by atoms with Gasteiger partial charge in [-0.1, -0.05) is 69.8 Å². The van der Waals surface area contributed by atoms with Crippen molar-refractivity contribution in [1.29, 1.82) is 0 Å². The maximum absolute atomic E-state index is 12.3. The van der Waals surface area contributed by atoms with Gasteiger partial charge >= 0.3 is 5.97 Å². The molecule has 0 amide bonds. The maximum atomic E-state index is 12.3. The summed E-state index contributed by atoms with van der Waals surface area (Å²) in [7, 11) is 0. The number of rotatable bonds is 7. The molecule has 0 radical (unpaired) electrons. The molecule has 0 aromatic heterocycles. The molecular formula is C29H49BrO2. The van der Waals surface area contributed by atoms with Crippen molar-refractivity contribution in [3.05, 3.63) is 0 Å². The Balaban J connectivity index is 1.51. The molecule has 4 saturated carbocycles. The van der Waals surface area contributed by atoms with E-state index < -0.39 is 0 Å². The largest absolute Gasteiger partial charge is 0.461 e. The summed E-state index contributed by atoms with van der Waals surface area (Å²) in [5.74, 6) is 5.81. The van der Waals surface area contributed by atoms with Gasteiger partial charge in [-0.3, -0.25) is 4.79 Å². The first-order valence-electron chi connectivity index (χ1n) is 14.0. The molecule has 3 heteroatoms. The fourth-order valence-electron chi connectivity index (χ4n) is 9.69. The highest BCUT2D eigenvalue weighted by Crippen LogP contribution is 2.68. The lowest BCUT2D eigenvalue weighted by Gasteiger charge is -2.62. The minimum Gasteiger partial charge on any atom is -0.461 e. The Morgan fingerprint density at radius 1 is 0.969 bits per heavy atom. The Labute approximate surface area is 206 Å². The molecule has 0 bridgehead atoms. The van der Waals surface area contributed by atoms with Gasteiger partial charge in [-0.05, 0) is 105 Å². The van der Waals surface area contributed by atoms with Crippen molar-refractivity contribution in [3.63, 3.8) is 0 Å². The Kier molecular flexibility index (Phi) is 7.75. The first kappa shape index (κ1) is 25.1. The van der Waals surface area contributed by atoms with Crippen molar-refractivity contribution in [3.8, 4) is 0 Å². The summed E-state index contributed by atoms with van der Waals surface area (Å²) in [4.78, 5) is 12.3. The van der Waals surface area contributed by atoms with Crippen molar-refractivity contribution in [2.75, 3.05) is 5.33 Å². The van der Waals surface area contributed by atoms with Crippen molar-refractivity contribution in [2.24, 2.45) is 52.3 Å². The van der Waals surface area contributed by atoms with Gasteiger partial charge in [0, 0.05) is 5.41 Å². The van der Waals surface area contributed by atoms with E-state index in [1.54, 1.807) is 0 Å². The minimum absolute atomic E-state index is 0.0594. The van der Waals surface area contributed by atoms with Crippen LogP contribution < -0.4 is 0 Å². The fourth-order valence-corrected chi connectivity index (χ4v) is 9.82. The third-order valence-corrected chi connectivity index (χ3v) is 11.7. The molecule has 0 spiro atoms. The van der Waals surface area contributed by atoms with Gasteiger partial charge in [0.1, 0.15) is 11.4 Å². The van der Waals surface area contributed by atoms with E-state index in [0.717, 1.165) is 47.8 Å². The molecule has 184 valence electrons. The topological polar surface area (TPSA) is 26.3 Å². The number of carbonyl (C=O) groups is 1. The number of hydrogen-bond acceptors (Lipinski definition) is 2. The summed E-state index contributed by atoms with van der Waals surface area (Å²) >= 11 is 3.33. The molecular weight excluding hydrogens is 460 g/mol. The third-order valence-electron chi connectivity index (χ3n) is 11.3. The fraction of sp³-hybridized carbons (Fsp3) is 0.966. The van der Waals surface area contributed by atoms with Crippen molar-refractivity contribution >= 4 is 21.9 Å². The van der Waals surface area contributed by atoms with E-state index in [2.05, 4.69) is 50.5 Å². The van der Waals surface area contributed by atoms with Gasteiger partial charge in [-0.25, -0.2) is 0 Å². The van der Waals surface area contributed by atoms with Crippen LogP contribution in [0.15, 0.2) is 0 Å². The Morgan fingerprint density at radius 2 is 1.75 bits per heavy atom. The lowest BCUT2D eigenvalue weighted by molar-refractivity contribution is -0.189. The van der Waals surface area contributed by atoms with Gasteiger partial charge in [0.05, 0.1) is 0 Å². The Morgan fingerprint density at radius 3 is 2.47 bits per heavy atom. The molecule has 0 heterocycles. The van der Waals surface area contributed by atoms with Gasteiger partial charge < -0.3 is 4.74 Å². The molecule has 2 nitrogen and oxygen atoms in total. The van der Waals surface area contributed by atoms with Crippen LogP contribution in [-0.4, -0.2) is 17.4 Å². The normalized spacial score (nSPS) is 44.5. The van der Waals surface area contributed by atoms with Crippen LogP contribution in [0.1, 0.15) is 112 Å². The zero-order valence-corrected chi connectivity index (χ0v) is 23.1. The molecule has 0 aromatic rings. The van der Waals surface area contributed by atoms with Crippen LogP contribution in [0.2, 0.25) is 0 Å². The summed E-state index contributed by atoms with van der Waals surface area (Å²) in [5.41, 5.74) is 0.736. The Hall–Kier alpha value is -0.0500. The molecule has 4 aliphatic rings. The van der Waals surface area contributed by atoms with Gasteiger partial charge in [-0.2, -0.15) is 0 Å². The average Bonchev–Trinajstić information content (AvgIpc) is 3.11. The van der Waals surface area contributed by atoms with E-state index in [1.807, 2.05) is 0 Å². The monoisotopic (exact) mass is 508 g/mol. The predicted molar refractivity (Wildman–Crippen MR) is 137 cm³/mol. The maximum Gasteiger partial charge on any atom is 0.316 e. The van der Waals surface area contributed by atoms with Gasteiger partial charge in [-0.15, -0.1) is 0 Å². The number of alkyl halides is 1. The quantitative estimate of drug-likeness (QED) is 0.254. The summed E-state index contributed by atoms with van der Waals surface area (Å²) in [6.07, 6.45) is 16.5. The lowest BCUT2D eigenvalue weighted by Crippen LogP contribution is -2.58. The van der Waals surface area contributed by atoms with Gasteiger partial charge in [0.15, 0.2) is 0 Å². The number of carbonyl (C=O) groups excluding carboxylic acids is 1. The average molecular weight is 510 g/mol. The van der Waals surface area contributed by atoms with Crippen LogP contribution in [0.25, 0.3) is 0 Å². The molecule has 0 aliphatic heterocycles. The number of fused-ring (bicyclic) bond motifs is 5. The molecule has 1 unspecified atom stereocenters. The summed E-state index contributed by atoms with van der Waals surface area (Å²) in [6, 6.07) is 0. The van der Waals surface area contributed by atoms with Crippen LogP contribution in [0, 0.1) is 52.3 Å². The van der Waals surface area contributed by atoms with Crippen molar-refractivity contribution in [2.45, 2.75) is 118 Å². The highest BCUT2D eigenvalue weighted by atomic mass is 79.9. The molecule has 32 heavy (non-hydrogen) atoms. The van der Waals surface area contributed by atoms with Crippen molar-refractivity contribution < 1.29 is 9.53 Å². The second-order valence-corrected chi connectivity index (χ2v) is 13.7. The minimum atomic E-state index is -0.0594. The van der Waals surface area contributed by atoms with E-state index in [1.165, 1.54) is 70.6 Å². The van der Waals surface area contributed by atoms with E-state index in [4.69, 9.17) is 4.74 Å². The van der Waals surface area contributed by atoms with Crippen LogP contribution in [0.4, 0.5) is 0 Å². The van der Waals surface area contributed by atoms with Crippen LogP contribution >= 0.6 is 15.9 Å². The smallest absolute Gasteiger partial charge is 0.316 e. The molecule has 0 N–H and O–H groups in total. The zero-order valence-electron chi connectivity index (χ0n) is 21.5. The molecule has 0 saturated heterocycles. The second kappa shape index (κ2) is 9.90. The first-order valence-corrected chi connectivity index (χ1v) is 15.1. The third kappa shape index (κ3) is 4.35. The molecule has 4 rings (SSSR count). The lowest BCUT2D eigenvalue weighted by atomic mass is 9.44. The first-order chi connectivity index (χ1) is 15.2. The Bertz CT molecular complexity index is 662. The molecule has 4 fully saturated rings. The SMILES string of the molecule is CC(C)CCC[C@H](C)[C@@H]1CC[C@H]2[C@H]3CC[C@H]4CCCC(OC(=O)CBr)[C@]4(C)[C@H]3CC[C@@]21C. The summed E-state index contributed by atoms with van der Waals surface area (Å²) in [6.45, 7) is 12.5. The number of ether oxygens (including phenoxy) is 1. The number of halogens is 1. The van der Waals surface area contributed by atoms with Crippen LogP contribution in [0.3, 0.4) is 0 Å². The second-order valence-electron chi connectivity index (χ2n) is 13.1. The van der Waals surface area contributed by atoms with E-state index in [9.17, 15) is 4.79 Å². The zero-order chi connectivity index (χ0) is 23.1. The highest BCUT2D eigenvalue weighted by molar-refractivity contribution is 9.09. The number of esters is 1. The van der Waals surface area contributed by atoms with Crippen LogP contribution in [0.5, 0.6) is 0 Å². The van der Waals surface area contributed by atoms with E-state index in [-0.39, 0.29) is 17.5 Å². The standard InChI is InChI=1S/C29H49BrO2/c1-19(2)8-6-9-20(3)23-14-15-24-22-13-12-21-10-7-11-26(32-27(31)18-30)29(21,5)25(22)16-17-28(23,24)4/h19-26H,6-18H2,1-5H3/t20-,21+,22+,23-,24-,25-,26?,28+,29-/m0/s1. The highest BCUT2D eigenvalue weighted by Gasteiger charge is 2.62. The summed E-state index contributed by atoms with van der Waals surface area (Å²) in [5, 5.41) is 0.329. The van der Waals surface area contributed by atoms with Gasteiger partial charge in [0.25, 0.3) is 0 Å². The summed E-state index contributed by atoms with van der Waals surface area (Å²) < 4.78 is 6.14. The molecule has 0 aromatic carbocycles. The van der Waals surface area contributed by atoms with E-state index in [0.29, 0.717) is 10.7 Å². The van der Waals surface area contributed by atoms with Gasteiger partial charge in [0.2, 0.25) is 0 Å². The van der Waals surface area contributed by atoms with E-state index >= 15 is 0 Å². The van der Waals surface area contributed by atoms with Crippen LogP contribution in [-0.2, 0) is 9.53 Å². The molecule has 9 atom stereocenters.